The van der Waals surface area contributed by atoms with Gasteiger partial charge < -0.3 is 25.5 Å². The van der Waals surface area contributed by atoms with Crippen LogP contribution in [0.25, 0.3) is 22.1 Å². The number of hydrogen-bond donors (Lipinski definition) is 5. The molecule has 1 atom stereocenters. The lowest BCUT2D eigenvalue weighted by Gasteiger charge is -2.37. The number of aromatic hydroxyl groups is 2. The first-order chi connectivity index (χ1) is 34.7. The van der Waals surface area contributed by atoms with E-state index in [1.54, 1.807) is 17.4 Å². The van der Waals surface area contributed by atoms with Crippen LogP contribution in [0.2, 0.25) is 5.02 Å². The number of aliphatic carboxylic acids is 1. The monoisotopic (exact) mass is 1040 g/mol. The first kappa shape index (κ1) is 52.5. The van der Waals surface area contributed by atoms with Crippen molar-refractivity contribution in [3.8, 4) is 33.6 Å². The fourth-order valence-corrected chi connectivity index (χ4v) is 10.9. The van der Waals surface area contributed by atoms with Crippen molar-refractivity contribution in [2.45, 2.75) is 91.4 Å². The minimum atomic E-state index is -5.08. The molecule has 3 aliphatic rings. The van der Waals surface area contributed by atoms with Crippen LogP contribution < -0.4 is 11.0 Å². The molecule has 0 bridgehead atoms. The van der Waals surface area contributed by atoms with E-state index in [4.69, 9.17) is 26.5 Å². The predicted octanol–water partition coefficient (Wildman–Crippen LogP) is 8.17. The van der Waals surface area contributed by atoms with Gasteiger partial charge in [-0.2, -0.15) is 18.3 Å². The Bertz CT molecular complexity index is 3090. The van der Waals surface area contributed by atoms with Crippen molar-refractivity contribution in [3.63, 3.8) is 0 Å². The van der Waals surface area contributed by atoms with Crippen molar-refractivity contribution in [1.29, 1.82) is 0 Å². The number of thiophene rings is 1. The van der Waals surface area contributed by atoms with E-state index < -0.39 is 23.9 Å². The molecule has 2 saturated heterocycles. The first-order valence-corrected chi connectivity index (χ1v) is 25.1. The summed E-state index contributed by atoms with van der Waals surface area (Å²) >= 11 is 7.95. The minimum Gasteiger partial charge on any atom is -0.508 e. The minimum absolute atomic E-state index is 0.00486. The SMILES string of the molecule is Cc1sc2c(c1C)C(c1ccc(Cl)cc1)=N[C@@H](CC(=O)NCC1CCN(C(=O)C3CCN(Cc4ccc(-n5c(-c6cc(C(C)C)c(O)cc6O)n[nH]c5=O)cc4)CC3)CC1)c1nnc(C)n1-2.O=C(O)C(F)(F)F. The van der Waals surface area contributed by atoms with Crippen LogP contribution >= 0.6 is 22.9 Å². The highest BCUT2D eigenvalue weighted by Gasteiger charge is 2.38. The van der Waals surface area contributed by atoms with E-state index in [1.807, 2.05) is 74.2 Å². The summed E-state index contributed by atoms with van der Waals surface area (Å²) in [6, 6.07) is 17.8. The molecule has 6 heterocycles. The number of benzene rings is 3. The summed E-state index contributed by atoms with van der Waals surface area (Å²) in [5, 5.41) is 48.7. The van der Waals surface area contributed by atoms with Gasteiger partial charge in [-0.15, -0.1) is 21.5 Å². The quantitative estimate of drug-likeness (QED) is 0.0832. The van der Waals surface area contributed by atoms with Gasteiger partial charge in [-0.05, 0) is 118 Å². The van der Waals surface area contributed by atoms with Crippen molar-refractivity contribution < 1.29 is 42.9 Å². The van der Waals surface area contributed by atoms with E-state index in [1.165, 1.54) is 15.5 Å². The summed E-state index contributed by atoms with van der Waals surface area (Å²) in [5.41, 5.74) is 6.13. The van der Waals surface area contributed by atoms with Gasteiger partial charge in [-0.25, -0.2) is 19.3 Å². The van der Waals surface area contributed by atoms with Gasteiger partial charge in [0.25, 0.3) is 0 Å². The largest absolute Gasteiger partial charge is 0.508 e. The third kappa shape index (κ3) is 11.5. The van der Waals surface area contributed by atoms with Crippen molar-refractivity contribution in [2.75, 3.05) is 32.7 Å². The number of likely N-dealkylation sites (tertiary alicyclic amines) is 2. The predicted molar refractivity (Wildman–Crippen MR) is 269 cm³/mol. The Labute approximate surface area is 427 Å². The van der Waals surface area contributed by atoms with Crippen LogP contribution in [-0.2, 0) is 20.9 Å². The highest BCUT2D eigenvalue weighted by Crippen LogP contribution is 2.41. The van der Waals surface area contributed by atoms with E-state index >= 15 is 0 Å². The summed E-state index contributed by atoms with van der Waals surface area (Å²) < 4.78 is 35.2. The molecule has 0 saturated carbocycles. The Kier molecular flexibility index (Phi) is 15.6. The number of alkyl halides is 3. The standard InChI is InChI=1S/C49H55ClN10O5S.C2HF3O2/c1-27(2)37-22-38(41(62)24-40(37)61)45-54-56-49(65)60(45)36-12-6-32(7-13-36)26-57-18-16-34(17-19-57)47(64)58-20-14-31(15-21-58)25-51-42(63)23-39-46-55-53-30(5)59(46)48-43(28(3)29(4)66-48)44(52-39)33-8-10-35(50)11-9-33;3-2(4,5)1(6)7/h6-13,22,24,27,31,34,39,61-62H,14-21,23,25-26H2,1-5H3,(H,51,63)(H,56,65);(H,6,7)/t39-;/m0./s1. The number of piperidine rings is 2. The number of H-pyrrole nitrogens is 1. The number of aryl methyl sites for hydroxylation is 2. The number of halogens is 4. The lowest BCUT2D eigenvalue weighted by Crippen LogP contribution is -2.46. The number of carbonyl (C=O) groups is 3. The number of hydrogen-bond acceptors (Lipinski definition) is 12. The van der Waals surface area contributed by atoms with E-state index in [2.05, 4.69) is 49.0 Å². The molecule has 2 fully saturated rings. The smallest absolute Gasteiger partial charge is 0.490 e. The number of nitrogens with one attached hydrogen (secondary N) is 2. The Morgan fingerprint density at radius 1 is 0.904 bits per heavy atom. The zero-order valence-corrected chi connectivity index (χ0v) is 42.4. The van der Waals surface area contributed by atoms with Crippen LogP contribution in [0, 0.1) is 32.6 Å². The van der Waals surface area contributed by atoms with Gasteiger partial charge in [0.05, 0.1) is 23.4 Å². The zero-order chi connectivity index (χ0) is 52.5. The zero-order valence-electron chi connectivity index (χ0n) is 40.8. The molecule has 3 aromatic heterocycles. The number of aromatic amines is 1. The van der Waals surface area contributed by atoms with Crippen LogP contribution in [0.5, 0.6) is 11.5 Å². The van der Waals surface area contributed by atoms with E-state index in [9.17, 15) is 37.8 Å². The number of carboxylic acids is 1. The van der Waals surface area contributed by atoms with E-state index in [0.717, 1.165) is 77.6 Å². The number of phenols is 2. The second-order valence-corrected chi connectivity index (χ2v) is 20.6. The number of phenolic OH excluding ortho intramolecular Hbond substituents is 2. The number of aliphatic imine (C=N–C) groups is 1. The summed E-state index contributed by atoms with van der Waals surface area (Å²) in [7, 11) is 0. The van der Waals surface area contributed by atoms with Gasteiger partial charge in [0.15, 0.2) is 11.6 Å². The van der Waals surface area contributed by atoms with Crippen LogP contribution in [0.3, 0.4) is 0 Å². The molecule has 0 unspecified atom stereocenters. The average molecular weight is 1050 g/mol. The fraction of sp³-hybridized carbons (Fsp3) is 0.412. The molecule has 3 aliphatic heterocycles. The molecule has 0 aliphatic carbocycles. The average Bonchev–Trinajstić information content (AvgIpc) is 4.00. The molecule has 9 rings (SSSR count). The number of amides is 2. The number of carbonyl (C=O) groups excluding carboxylic acids is 2. The van der Waals surface area contributed by atoms with Crippen LogP contribution in [0.15, 0.2) is 70.5 Å². The molecule has 0 radical (unpaired) electrons. The summed E-state index contributed by atoms with van der Waals surface area (Å²) in [5.74, 6) is -0.909. The maximum atomic E-state index is 13.7. The maximum Gasteiger partial charge on any atom is 0.490 e. The third-order valence-corrected chi connectivity index (χ3v) is 15.2. The van der Waals surface area contributed by atoms with Crippen LogP contribution in [0.1, 0.15) is 102 Å². The molecule has 73 heavy (non-hydrogen) atoms. The molecule has 3 aromatic carbocycles. The molecule has 22 heteroatoms. The molecule has 2 amide bonds. The molecule has 17 nitrogen and oxygen atoms in total. The second-order valence-electron chi connectivity index (χ2n) is 19.0. The third-order valence-electron chi connectivity index (χ3n) is 13.7. The van der Waals surface area contributed by atoms with Crippen molar-refractivity contribution >= 4 is 46.4 Å². The van der Waals surface area contributed by atoms with E-state index in [0.29, 0.717) is 53.8 Å². The Balaban J connectivity index is 0.000000948. The van der Waals surface area contributed by atoms with Crippen LogP contribution in [-0.4, -0.2) is 117 Å². The normalized spacial score (nSPS) is 16.5. The lowest BCUT2D eigenvalue weighted by atomic mass is 9.92. The second kappa shape index (κ2) is 21.7. The summed E-state index contributed by atoms with van der Waals surface area (Å²) in [6.07, 6.45) is -1.71. The number of nitrogens with zero attached hydrogens (tertiary/aromatic N) is 8. The maximum absolute atomic E-state index is 13.7. The van der Waals surface area contributed by atoms with Crippen molar-refractivity contribution in [2.24, 2.45) is 16.8 Å². The fourth-order valence-electron chi connectivity index (χ4n) is 9.55. The molecular formula is C51H56ClF3N10O7S. The van der Waals surface area contributed by atoms with Crippen molar-refractivity contribution in [1.82, 2.24) is 44.6 Å². The topological polar surface area (TPSA) is 224 Å². The van der Waals surface area contributed by atoms with Gasteiger partial charge >= 0.3 is 17.8 Å². The molecule has 386 valence electrons. The Hall–Kier alpha value is -6.84. The van der Waals surface area contributed by atoms with Gasteiger partial charge in [-0.3, -0.25) is 24.0 Å². The summed E-state index contributed by atoms with van der Waals surface area (Å²) in [4.78, 5) is 60.0. The number of carboxylic acid groups (broad SMARTS) is 1. The van der Waals surface area contributed by atoms with Gasteiger partial charge in [0.2, 0.25) is 11.8 Å². The van der Waals surface area contributed by atoms with Gasteiger partial charge in [-0.1, -0.05) is 49.7 Å². The molecule has 0 spiro atoms. The Morgan fingerprint density at radius 2 is 1.56 bits per heavy atom. The van der Waals surface area contributed by atoms with E-state index in [-0.39, 0.29) is 53.3 Å². The molecular weight excluding hydrogens is 989 g/mol. The molecule has 6 aromatic rings. The van der Waals surface area contributed by atoms with Gasteiger partial charge in [0.1, 0.15) is 28.4 Å². The first-order valence-electron chi connectivity index (χ1n) is 24.0. The number of aromatic nitrogens is 6. The number of rotatable bonds is 11. The highest BCUT2D eigenvalue weighted by atomic mass is 35.5. The molecule has 5 N–H and O–H groups in total. The Morgan fingerprint density at radius 3 is 2.19 bits per heavy atom. The van der Waals surface area contributed by atoms with Crippen LogP contribution in [0.4, 0.5) is 13.2 Å². The highest BCUT2D eigenvalue weighted by molar-refractivity contribution is 7.15. The number of fused-ring (bicyclic) bond motifs is 3. The van der Waals surface area contributed by atoms with Gasteiger partial charge in [0, 0.05) is 59.2 Å². The summed E-state index contributed by atoms with van der Waals surface area (Å²) in [6.45, 7) is 14.3. The van der Waals surface area contributed by atoms with Crippen molar-refractivity contribution in [3.05, 3.63) is 121 Å². The lowest BCUT2D eigenvalue weighted by molar-refractivity contribution is -0.192.